The third-order valence-corrected chi connectivity index (χ3v) is 5.23. The van der Waals surface area contributed by atoms with Crippen molar-refractivity contribution in [2.24, 2.45) is 11.7 Å². The largest absolute Gasteiger partial charge is 0.384 e. The number of anilines is 1. The molecule has 3 rings (SSSR count). The Morgan fingerprint density at radius 1 is 1.47 bits per heavy atom. The molecule has 0 aromatic heterocycles. The van der Waals surface area contributed by atoms with Crippen LogP contribution in [0.3, 0.4) is 0 Å². The Morgan fingerprint density at radius 2 is 2.32 bits per heavy atom. The summed E-state index contributed by atoms with van der Waals surface area (Å²) in [6.45, 7) is 3.28. The van der Waals surface area contributed by atoms with Gasteiger partial charge in [-0.2, -0.15) is 0 Å². The number of rotatable bonds is 4. The molecule has 2 bridgehead atoms. The van der Waals surface area contributed by atoms with Crippen molar-refractivity contribution in [3.8, 4) is 0 Å². The van der Waals surface area contributed by atoms with E-state index in [2.05, 4.69) is 30.0 Å². The summed E-state index contributed by atoms with van der Waals surface area (Å²) < 4.78 is 0. The molecule has 1 aromatic carbocycles. The van der Waals surface area contributed by atoms with Gasteiger partial charge in [0.25, 0.3) is 0 Å². The minimum absolute atomic E-state index is 0.203. The van der Waals surface area contributed by atoms with Crippen molar-refractivity contribution < 1.29 is 0 Å². The zero-order valence-corrected chi connectivity index (χ0v) is 12.2. The molecule has 0 amide bonds. The van der Waals surface area contributed by atoms with Crippen LogP contribution in [0.15, 0.2) is 23.1 Å². The Bertz CT molecular complexity index is 500. The van der Waals surface area contributed by atoms with E-state index in [1.165, 1.54) is 24.9 Å². The lowest BCUT2D eigenvalue weighted by atomic mass is 10.1. The minimum atomic E-state index is 0.203. The highest BCUT2D eigenvalue weighted by Gasteiger charge is 2.38. The molecule has 3 N–H and O–H groups in total. The second kappa shape index (κ2) is 5.08. The highest BCUT2D eigenvalue weighted by atomic mass is 32.2. The smallest absolute Gasteiger partial charge is 0.126 e. The molecule has 2 fully saturated rings. The fraction of sp³-hybridized carbons (Fsp3) is 0.533. The third kappa shape index (κ3) is 2.22. The summed E-state index contributed by atoms with van der Waals surface area (Å²) in [6.07, 6.45) is 4.00. The number of nitrogens with two attached hydrogens (primary N) is 1. The maximum atomic E-state index is 7.93. The number of hydrogen-bond acceptors (Lipinski definition) is 3. The number of nitrogen functional groups attached to an aromatic ring is 1. The van der Waals surface area contributed by atoms with Crippen molar-refractivity contribution in [1.82, 2.24) is 0 Å². The van der Waals surface area contributed by atoms with Crippen LogP contribution >= 0.6 is 11.8 Å². The van der Waals surface area contributed by atoms with Gasteiger partial charge in [0.15, 0.2) is 0 Å². The molecule has 19 heavy (non-hydrogen) atoms. The second-order valence-corrected chi connectivity index (χ2v) is 6.79. The number of thioether (sulfide) groups is 1. The molecule has 1 heterocycles. The van der Waals surface area contributed by atoms with Gasteiger partial charge in [-0.25, -0.2) is 0 Å². The molecule has 4 heteroatoms. The molecule has 1 saturated carbocycles. The van der Waals surface area contributed by atoms with Gasteiger partial charge >= 0.3 is 0 Å². The molecule has 0 spiro atoms. The van der Waals surface area contributed by atoms with Crippen LogP contribution < -0.4 is 10.6 Å². The first-order chi connectivity index (χ1) is 9.20. The van der Waals surface area contributed by atoms with Crippen molar-refractivity contribution in [3.05, 3.63) is 23.8 Å². The average molecular weight is 275 g/mol. The molecule has 2 aliphatic rings. The van der Waals surface area contributed by atoms with Crippen molar-refractivity contribution in [1.29, 1.82) is 5.41 Å². The zero-order chi connectivity index (χ0) is 13.4. The summed E-state index contributed by atoms with van der Waals surface area (Å²) in [4.78, 5) is 3.64. The lowest BCUT2D eigenvalue weighted by Gasteiger charge is -2.31. The normalized spacial score (nSPS) is 25.0. The SMILES string of the molecule is CCSc1cccc(N2CC3CCC2C3)c1C(=N)N. The van der Waals surface area contributed by atoms with Crippen LogP contribution in [0.4, 0.5) is 5.69 Å². The van der Waals surface area contributed by atoms with E-state index in [0.29, 0.717) is 6.04 Å². The van der Waals surface area contributed by atoms with Crippen LogP contribution in [-0.2, 0) is 0 Å². The molecule has 2 atom stereocenters. The van der Waals surface area contributed by atoms with Crippen LogP contribution in [0.2, 0.25) is 0 Å². The number of hydrogen-bond donors (Lipinski definition) is 2. The molecule has 1 aromatic rings. The van der Waals surface area contributed by atoms with E-state index in [4.69, 9.17) is 11.1 Å². The van der Waals surface area contributed by atoms with Crippen molar-refractivity contribution in [2.75, 3.05) is 17.2 Å². The molecule has 1 aliphatic carbocycles. The van der Waals surface area contributed by atoms with E-state index in [9.17, 15) is 0 Å². The summed E-state index contributed by atoms with van der Waals surface area (Å²) in [5.41, 5.74) is 7.98. The highest BCUT2D eigenvalue weighted by molar-refractivity contribution is 7.99. The van der Waals surface area contributed by atoms with E-state index in [1.54, 1.807) is 11.8 Å². The number of amidine groups is 1. The average Bonchev–Trinajstić information content (AvgIpc) is 3.00. The van der Waals surface area contributed by atoms with Crippen molar-refractivity contribution in [2.45, 2.75) is 37.1 Å². The summed E-state index contributed by atoms with van der Waals surface area (Å²) in [6, 6.07) is 7.00. The Morgan fingerprint density at radius 3 is 2.89 bits per heavy atom. The molecule has 1 saturated heterocycles. The van der Waals surface area contributed by atoms with Gasteiger partial charge in [0.05, 0.1) is 5.56 Å². The minimum Gasteiger partial charge on any atom is -0.384 e. The fourth-order valence-corrected chi connectivity index (χ4v) is 4.37. The molecular formula is C15H21N3S. The monoisotopic (exact) mass is 275 g/mol. The lowest BCUT2D eigenvalue weighted by molar-refractivity contribution is 0.553. The van der Waals surface area contributed by atoms with E-state index in [1.807, 2.05) is 0 Å². The van der Waals surface area contributed by atoms with Crippen LogP contribution in [0.25, 0.3) is 0 Å². The fourth-order valence-electron chi connectivity index (χ4n) is 3.53. The van der Waals surface area contributed by atoms with Gasteiger partial charge < -0.3 is 10.6 Å². The first kappa shape index (κ1) is 12.9. The Kier molecular flexibility index (Phi) is 3.44. The van der Waals surface area contributed by atoms with Crippen LogP contribution in [0.5, 0.6) is 0 Å². The maximum absolute atomic E-state index is 7.93. The summed E-state index contributed by atoms with van der Waals surface area (Å²) in [5.74, 6) is 2.07. The first-order valence-corrected chi connectivity index (χ1v) is 8.06. The third-order valence-electron chi connectivity index (χ3n) is 4.29. The Balaban J connectivity index is 2.00. The summed E-state index contributed by atoms with van der Waals surface area (Å²) in [5, 5.41) is 7.93. The Hall–Kier alpha value is -1.16. The van der Waals surface area contributed by atoms with Crippen molar-refractivity contribution >= 4 is 23.3 Å². The van der Waals surface area contributed by atoms with Gasteiger partial charge in [-0.05, 0) is 43.1 Å². The Labute approximate surface area is 119 Å². The van der Waals surface area contributed by atoms with Gasteiger partial charge in [-0.3, -0.25) is 5.41 Å². The molecule has 2 unspecified atom stereocenters. The van der Waals surface area contributed by atoms with Gasteiger partial charge in [-0.1, -0.05) is 13.0 Å². The lowest BCUT2D eigenvalue weighted by Crippen LogP contribution is -2.34. The standard InChI is InChI=1S/C15H21N3S/c1-2-19-13-5-3-4-12(14(13)15(16)17)18-9-10-6-7-11(18)8-10/h3-5,10-11H,2,6-9H2,1H3,(H3,16,17). The molecular weight excluding hydrogens is 254 g/mol. The predicted octanol–water partition coefficient (Wildman–Crippen LogP) is 3.07. The van der Waals surface area contributed by atoms with E-state index >= 15 is 0 Å². The molecule has 0 radical (unpaired) electrons. The maximum Gasteiger partial charge on any atom is 0.126 e. The van der Waals surface area contributed by atoms with Crippen LogP contribution in [0, 0.1) is 11.3 Å². The van der Waals surface area contributed by atoms with Crippen LogP contribution in [-0.4, -0.2) is 24.2 Å². The van der Waals surface area contributed by atoms with Crippen molar-refractivity contribution in [3.63, 3.8) is 0 Å². The van der Waals surface area contributed by atoms with Crippen LogP contribution in [0.1, 0.15) is 31.7 Å². The summed E-state index contributed by atoms with van der Waals surface area (Å²) >= 11 is 1.78. The molecule has 1 aliphatic heterocycles. The van der Waals surface area contributed by atoms with E-state index < -0.39 is 0 Å². The highest BCUT2D eigenvalue weighted by Crippen LogP contribution is 2.42. The zero-order valence-electron chi connectivity index (χ0n) is 11.4. The van der Waals surface area contributed by atoms with E-state index in [-0.39, 0.29) is 5.84 Å². The van der Waals surface area contributed by atoms with Gasteiger partial charge in [0.1, 0.15) is 5.84 Å². The van der Waals surface area contributed by atoms with Gasteiger partial charge in [0, 0.05) is 23.2 Å². The molecule has 3 nitrogen and oxygen atoms in total. The quantitative estimate of drug-likeness (QED) is 0.504. The number of piperidine rings is 1. The number of benzene rings is 1. The number of nitrogens with zero attached hydrogens (tertiary/aromatic N) is 1. The number of fused-ring (bicyclic) bond motifs is 2. The topological polar surface area (TPSA) is 53.1 Å². The number of nitrogens with one attached hydrogen (secondary N) is 1. The predicted molar refractivity (Wildman–Crippen MR) is 82.3 cm³/mol. The van der Waals surface area contributed by atoms with Gasteiger partial charge in [-0.15, -0.1) is 11.8 Å². The summed E-state index contributed by atoms with van der Waals surface area (Å²) in [7, 11) is 0. The van der Waals surface area contributed by atoms with Gasteiger partial charge in [0.2, 0.25) is 0 Å². The molecule has 102 valence electrons. The second-order valence-electron chi connectivity index (χ2n) is 5.48. The first-order valence-electron chi connectivity index (χ1n) is 7.07. The van der Waals surface area contributed by atoms with E-state index in [0.717, 1.165) is 28.7 Å².